The summed E-state index contributed by atoms with van der Waals surface area (Å²) in [5, 5.41) is 9.43. The smallest absolute Gasteiger partial charge is 0.236 e. The molecule has 2 atom stereocenters. The first-order valence-electron chi connectivity index (χ1n) is 5.36. The number of β-amino-alcohol motifs (C(OH)–C–C–N with tert-alkyl or cyclic N) is 1. The van der Waals surface area contributed by atoms with Crippen molar-refractivity contribution in [1.82, 2.24) is 9.80 Å². The average Bonchev–Trinajstić information content (AvgIpc) is 2.26. The van der Waals surface area contributed by atoms with Gasteiger partial charge in [0.1, 0.15) is 0 Å². The minimum atomic E-state index is -0.241. The van der Waals surface area contributed by atoms with Crippen LogP contribution in [0.2, 0.25) is 0 Å². The van der Waals surface area contributed by atoms with Gasteiger partial charge in [-0.15, -0.1) is 0 Å². The van der Waals surface area contributed by atoms with Gasteiger partial charge in [0.25, 0.3) is 0 Å². The van der Waals surface area contributed by atoms with E-state index in [2.05, 4.69) is 11.8 Å². The maximum atomic E-state index is 11.6. The lowest BCUT2D eigenvalue weighted by Gasteiger charge is -2.33. The Hall–Kier alpha value is -0.610. The summed E-state index contributed by atoms with van der Waals surface area (Å²) in [5.74, 6) is 0.220. The molecule has 4 heteroatoms. The Bertz CT molecular complexity index is 228. The quantitative estimate of drug-likeness (QED) is 0.661. The molecular weight excluding hydrogens is 180 g/mol. The van der Waals surface area contributed by atoms with Crippen molar-refractivity contribution in [1.29, 1.82) is 0 Å². The number of hydrogen-bond acceptors (Lipinski definition) is 3. The first-order valence-corrected chi connectivity index (χ1v) is 5.36. The van der Waals surface area contributed by atoms with Gasteiger partial charge < -0.3 is 10.0 Å². The molecule has 2 aliphatic rings. The molecule has 4 nitrogen and oxygen atoms in total. The standard InChI is InChI=1S/C10H18N2O2/c1-8-5-9(13)6-12(8)7-10(14)11-3-2-4-11/h8-9,13H,2-7H2,1H3. The van der Waals surface area contributed by atoms with Crippen LogP contribution in [0.15, 0.2) is 0 Å². The second-order valence-corrected chi connectivity index (χ2v) is 4.40. The highest BCUT2D eigenvalue weighted by Crippen LogP contribution is 2.17. The fourth-order valence-corrected chi connectivity index (χ4v) is 2.13. The van der Waals surface area contributed by atoms with Gasteiger partial charge in [-0.2, -0.15) is 0 Å². The molecule has 1 N–H and O–H groups in total. The Morgan fingerprint density at radius 2 is 2.21 bits per heavy atom. The molecule has 0 aromatic carbocycles. The molecule has 0 radical (unpaired) electrons. The lowest BCUT2D eigenvalue weighted by molar-refractivity contribution is -0.136. The van der Waals surface area contributed by atoms with Gasteiger partial charge in [-0.05, 0) is 19.8 Å². The summed E-state index contributed by atoms with van der Waals surface area (Å²) in [4.78, 5) is 15.6. The van der Waals surface area contributed by atoms with E-state index in [4.69, 9.17) is 0 Å². The third-order valence-electron chi connectivity index (χ3n) is 3.23. The van der Waals surface area contributed by atoms with Crippen LogP contribution in [0.25, 0.3) is 0 Å². The number of aliphatic hydroxyl groups excluding tert-OH is 1. The predicted molar refractivity (Wildman–Crippen MR) is 52.9 cm³/mol. The van der Waals surface area contributed by atoms with E-state index in [0.29, 0.717) is 19.1 Å². The van der Waals surface area contributed by atoms with Crippen molar-refractivity contribution in [3.8, 4) is 0 Å². The molecule has 2 rings (SSSR count). The van der Waals surface area contributed by atoms with Crippen molar-refractivity contribution >= 4 is 5.91 Å². The second-order valence-electron chi connectivity index (χ2n) is 4.40. The molecule has 1 amide bonds. The van der Waals surface area contributed by atoms with E-state index in [9.17, 15) is 9.90 Å². The summed E-state index contributed by atoms with van der Waals surface area (Å²) >= 11 is 0. The molecule has 2 saturated heterocycles. The maximum absolute atomic E-state index is 11.6. The van der Waals surface area contributed by atoms with E-state index in [1.54, 1.807) is 0 Å². The van der Waals surface area contributed by atoms with Crippen molar-refractivity contribution in [2.45, 2.75) is 31.9 Å². The zero-order valence-electron chi connectivity index (χ0n) is 8.65. The third kappa shape index (κ3) is 1.91. The van der Waals surface area contributed by atoms with Crippen molar-refractivity contribution in [3.63, 3.8) is 0 Å². The molecule has 0 saturated carbocycles. The lowest BCUT2D eigenvalue weighted by atomic mass is 10.2. The molecule has 2 aliphatic heterocycles. The van der Waals surface area contributed by atoms with Crippen LogP contribution >= 0.6 is 0 Å². The number of amides is 1. The molecule has 0 spiro atoms. The lowest BCUT2D eigenvalue weighted by Crippen LogP contribution is -2.47. The van der Waals surface area contributed by atoms with Crippen molar-refractivity contribution in [2.75, 3.05) is 26.2 Å². The van der Waals surface area contributed by atoms with E-state index in [1.165, 1.54) is 0 Å². The van der Waals surface area contributed by atoms with E-state index >= 15 is 0 Å². The van der Waals surface area contributed by atoms with Crippen molar-refractivity contribution in [3.05, 3.63) is 0 Å². The average molecular weight is 198 g/mol. The molecule has 0 bridgehead atoms. The number of carbonyl (C=O) groups is 1. The van der Waals surface area contributed by atoms with Crippen LogP contribution in [-0.4, -0.2) is 59.1 Å². The Morgan fingerprint density at radius 3 is 2.64 bits per heavy atom. The number of rotatable bonds is 2. The highest BCUT2D eigenvalue weighted by molar-refractivity contribution is 5.79. The third-order valence-corrected chi connectivity index (χ3v) is 3.23. The molecule has 80 valence electrons. The largest absolute Gasteiger partial charge is 0.392 e. The number of nitrogens with zero attached hydrogens (tertiary/aromatic N) is 2. The van der Waals surface area contributed by atoms with E-state index in [1.807, 2.05) is 4.90 Å². The normalized spacial score (nSPS) is 33.1. The van der Waals surface area contributed by atoms with Gasteiger partial charge in [0, 0.05) is 25.7 Å². The monoisotopic (exact) mass is 198 g/mol. The van der Waals surface area contributed by atoms with E-state index < -0.39 is 0 Å². The van der Waals surface area contributed by atoms with Gasteiger partial charge in [-0.1, -0.05) is 0 Å². The van der Waals surface area contributed by atoms with Crippen LogP contribution in [0.5, 0.6) is 0 Å². The topological polar surface area (TPSA) is 43.8 Å². The minimum Gasteiger partial charge on any atom is -0.392 e. The highest BCUT2D eigenvalue weighted by Gasteiger charge is 2.31. The number of hydrogen-bond donors (Lipinski definition) is 1. The van der Waals surface area contributed by atoms with Crippen LogP contribution < -0.4 is 0 Å². The zero-order chi connectivity index (χ0) is 10.1. The molecule has 2 fully saturated rings. The van der Waals surface area contributed by atoms with Gasteiger partial charge >= 0.3 is 0 Å². The summed E-state index contributed by atoms with van der Waals surface area (Å²) in [6.45, 7) is 5.05. The predicted octanol–water partition coefficient (Wildman–Crippen LogP) is -0.326. The van der Waals surface area contributed by atoms with Crippen molar-refractivity contribution in [2.24, 2.45) is 0 Å². The fourth-order valence-electron chi connectivity index (χ4n) is 2.13. The van der Waals surface area contributed by atoms with Gasteiger partial charge in [0.05, 0.1) is 12.6 Å². The minimum absolute atomic E-state index is 0.220. The number of aliphatic hydroxyl groups is 1. The van der Waals surface area contributed by atoms with Crippen LogP contribution in [0.3, 0.4) is 0 Å². The van der Waals surface area contributed by atoms with Crippen LogP contribution in [0.1, 0.15) is 19.8 Å². The van der Waals surface area contributed by atoms with Crippen LogP contribution in [0, 0.1) is 0 Å². The van der Waals surface area contributed by atoms with Crippen molar-refractivity contribution < 1.29 is 9.90 Å². The summed E-state index contributed by atoms with van der Waals surface area (Å²) in [7, 11) is 0. The van der Waals surface area contributed by atoms with Gasteiger partial charge in [0.15, 0.2) is 0 Å². The molecule has 2 unspecified atom stereocenters. The summed E-state index contributed by atoms with van der Waals surface area (Å²) < 4.78 is 0. The molecule has 0 aliphatic carbocycles. The SMILES string of the molecule is CC1CC(O)CN1CC(=O)N1CCC1. The summed E-state index contributed by atoms with van der Waals surface area (Å²) in [5.41, 5.74) is 0. The van der Waals surface area contributed by atoms with Gasteiger partial charge in [-0.25, -0.2) is 0 Å². The number of carbonyl (C=O) groups excluding carboxylic acids is 1. The van der Waals surface area contributed by atoms with E-state index in [0.717, 1.165) is 25.9 Å². The molecule has 14 heavy (non-hydrogen) atoms. The van der Waals surface area contributed by atoms with Gasteiger partial charge in [-0.3, -0.25) is 9.69 Å². The molecule has 2 heterocycles. The summed E-state index contributed by atoms with van der Waals surface area (Å²) in [6, 6.07) is 0.343. The molecule has 0 aromatic rings. The molecular formula is C10H18N2O2. The van der Waals surface area contributed by atoms with Gasteiger partial charge in [0.2, 0.25) is 5.91 Å². The Balaban J connectivity index is 1.81. The fraction of sp³-hybridized carbons (Fsp3) is 0.900. The first-order chi connectivity index (χ1) is 6.66. The first kappa shape index (κ1) is 9.93. The van der Waals surface area contributed by atoms with E-state index in [-0.39, 0.29) is 12.0 Å². The van der Waals surface area contributed by atoms with Crippen LogP contribution in [0.4, 0.5) is 0 Å². The molecule has 0 aromatic heterocycles. The second kappa shape index (κ2) is 3.87. The Kier molecular flexibility index (Phi) is 2.74. The zero-order valence-corrected chi connectivity index (χ0v) is 8.65. The Morgan fingerprint density at radius 1 is 1.50 bits per heavy atom. The van der Waals surface area contributed by atoms with Crippen LogP contribution in [-0.2, 0) is 4.79 Å². The Labute approximate surface area is 84.5 Å². The maximum Gasteiger partial charge on any atom is 0.236 e. The summed E-state index contributed by atoms with van der Waals surface area (Å²) in [6.07, 6.45) is 1.70. The number of likely N-dealkylation sites (tertiary alicyclic amines) is 2. The highest BCUT2D eigenvalue weighted by atomic mass is 16.3.